The number of carbonyl (C=O) groups excluding carboxylic acids is 1. The number of likely N-dealkylation sites (N-methyl/N-ethyl adjacent to an activating group) is 1. The van der Waals surface area contributed by atoms with E-state index in [4.69, 9.17) is 0 Å². The molecule has 1 aromatic carbocycles. The van der Waals surface area contributed by atoms with Crippen LogP contribution in [-0.4, -0.2) is 26.0 Å². The quantitative estimate of drug-likeness (QED) is 0.568. The zero-order chi connectivity index (χ0) is 11.1. The summed E-state index contributed by atoms with van der Waals surface area (Å²) in [5.41, 5.74) is 0.324. The molecule has 0 spiro atoms. The van der Waals surface area contributed by atoms with Gasteiger partial charge in [0.15, 0.2) is 0 Å². The minimum Gasteiger partial charge on any atom is -0.315 e. The van der Waals surface area contributed by atoms with Gasteiger partial charge >= 0.3 is 0 Å². The summed E-state index contributed by atoms with van der Waals surface area (Å²) in [6.45, 7) is 3.94. The summed E-state index contributed by atoms with van der Waals surface area (Å²) in [5.74, 6) is -0.374. The Morgan fingerprint density at radius 2 is 2.20 bits per heavy atom. The van der Waals surface area contributed by atoms with Gasteiger partial charge in [-0.3, -0.25) is 4.79 Å². The molecule has 1 rings (SSSR count). The van der Waals surface area contributed by atoms with Gasteiger partial charge in [0.05, 0.1) is 5.69 Å². The van der Waals surface area contributed by atoms with Gasteiger partial charge in [0.1, 0.15) is 5.82 Å². The van der Waals surface area contributed by atoms with Crippen molar-refractivity contribution < 1.29 is 9.18 Å². The molecule has 0 aliphatic carbocycles. The third-order valence-corrected chi connectivity index (χ3v) is 2.07. The molecule has 15 heavy (non-hydrogen) atoms. The number of benzene rings is 1. The molecule has 82 valence electrons. The molecule has 0 unspecified atom stereocenters. The van der Waals surface area contributed by atoms with Crippen molar-refractivity contribution in [3.05, 3.63) is 30.1 Å². The number of carbonyl (C=O) groups is 1. The number of nitrogens with zero attached hydrogens (tertiary/aromatic N) is 1. The molecule has 0 radical (unpaired) electrons. The van der Waals surface area contributed by atoms with E-state index in [1.54, 1.807) is 18.2 Å². The highest BCUT2D eigenvalue weighted by Gasteiger charge is 2.08. The van der Waals surface area contributed by atoms with Gasteiger partial charge in [0, 0.05) is 13.1 Å². The molecule has 4 heteroatoms. The first-order valence-corrected chi connectivity index (χ1v) is 4.96. The average Bonchev–Trinajstić information content (AvgIpc) is 2.26. The molecular formula is C11H15FN2O. The highest BCUT2D eigenvalue weighted by atomic mass is 19.1. The number of anilines is 1. The summed E-state index contributed by atoms with van der Waals surface area (Å²) in [4.78, 5) is 12.1. The van der Waals surface area contributed by atoms with E-state index in [0.717, 1.165) is 6.54 Å². The molecule has 0 fully saturated rings. The lowest BCUT2D eigenvalue weighted by molar-refractivity contribution is -0.107. The monoisotopic (exact) mass is 210 g/mol. The molecule has 0 bridgehead atoms. The molecule has 0 aliphatic rings. The van der Waals surface area contributed by atoms with Crippen LogP contribution in [0.15, 0.2) is 24.3 Å². The van der Waals surface area contributed by atoms with Gasteiger partial charge < -0.3 is 10.2 Å². The van der Waals surface area contributed by atoms with Crippen molar-refractivity contribution in [2.24, 2.45) is 0 Å². The number of halogens is 1. The van der Waals surface area contributed by atoms with Crippen molar-refractivity contribution in [3.63, 3.8) is 0 Å². The minimum absolute atomic E-state index is 0.324. The summed E-state index contributed by atoms with van der Waals surface area (Å²) in [7, 11) is 0. The highest BCUT2D eigenvalue weighted by molar-refractivity contribution is 5.75. The lowest BCUT2D eigenvalue weighted by Crippen LogP contribution is -2.31. The zero-order valence-electron chi connectivity index (χ0n) is 8.74. The second kappa shape index (κ2) is 6.14. The van der Waals surface area contributed by atoms with Crippen LogP contribution in [0, 0.1) is 5.82 Å². The lowest BCUT2D eigenvalue weighted by atomic mass is 10.3. The van der Waals surface area contributed by atoms with Crippen LogP contribution in [0.3, 0.4) is 0 Å². The molecular weight excluding hydrogens is 195 g/mol. The zero-order valence-corrected chi connectivity index (χ0v) is 8.74. The third-order valence-electron chi connectivity index (χ3n) is 2.07. The second-order valence-corrected chi connectivity index (χ2v) is 3.10. The Morgan fingerprint density at radius 1 is 1.47 bits per heavy atom. The summed E-state index contributed by atoms with van der Waals surface area (Å²) in [5, 5.41) is 3.08. The van der Waals surface area contributed by atoms with Gasteiger partial charge in [0.25, 0.3) is 0 Å². The van der Waals surface area contributed by atoms with Crippen molar-refractivity contribution in [2.75, 3.05) is 24.5 Å². The van der Waals surface area contributed by atoms with Crippen LogP contribution in [-0.2, 0) is 4.79 Å². The standard InChI is InChI=1S/C11H15FN2O/c1-2-13-7-8-14(9-15)11-6-4-3-5-10(11)12/h3-6,9,13H,2,7-8H2,1H3. The van der Waals surface area contributed by atoms with Gasteiger partial charge in [-0.05, 0) is 18.7 Å². The van der Waals surface area contributed by atoms with Crippen molar-refractivity contribution in [3.8, 4) is 0 Å². The van der Waals surface area contributed by atoms with Gasteiger partial charge in [0.2, 0.25) is 6.41 Å². The maximum Gasteiger partial charge on any atom is 0.214 e. The highest BCUT2D eigenvalue weighted by Crippen LogP contribution is 2.16. The summed E-state index contributed by atoms with van der Waals surface area (Å²) >= 11 is 0. The van der Waals surface area contributed by atoms with Crippen molar-refractivity contribution in [1.82, 2.24) is 5.32 Å². The Balaban J connectivity index is 2.66. The number of nitrogens with one attached hydrogen (secondary N) is 1. The van der Waals surface area contributed by atoms with Crippen LogP contribution in [0.5, 0.6) is 0 Å². The first-order chi connectivity index (χ1) is 7.29. The summed E-state index contributed by atoms with van der Waals surface area (Å²) in [6, 6.07) is 6.25. The number of rotatable bonds is 6. The lowest BCUT2D eigenvalue weighted by Gasteiger charge is -2.17. The smallest absolute Gasteiger partial charge is 0.214 e. The van der Waals surface area contributed by atoms with Gasteiger partial charge in [-0.1, -0.05) is 19.1 Å². The Labute approximate surface area is 88.9 Å². The van der Waals surface area contributed by atoms with Crippen LogP contribution < -0.4 is 10.2 Å². The first kappa shape index (κ1) is 11.7. The van der Waals surface area contributed by atoms with Crippen LogP contribution >= 0.6 is 0 Å². The Bertz CT molecular complexity index is 317. The molecule has 0 aliphatic heterocycles. The molecule has 0 atom stereocenters. The molecule has 0 saturated heterocycles. The number of hydrogen-bond donors (Lipinski definition) is 1. The third kappa shape index (κ3) is 3.32. The Kier molecular flexibility index (Phi) is 4.77. The molecule has 1 N–H and O–H groups in total. The Hall–Kier alpha value is -1.42. The van der Waals surface area contributed by atoms with E-state index >= 15 is 0 Å². The summed E-state index contributed by atoms with van der Waals surface area (Å²) < 4.78 is 13.3. The van der Waals surface area contributed by atoms with Gasteiger partial charge in [-0.25, -0.2) is 4.39 Å². The van der Waals surface area contributed by atoms with Gasteiger partial charge in [-0.15, -0.1) is 0 Å². The molecule has 0 saturated carbocycles. The van der Waals surface area contributed by atoms with Crippen LogP contribution in [0.2, 0.25) is 0 Å². The van der Waals surface area contributed by atoms with Crippen molar-refractivity contribution >= 4 is 12.1 Å². The van der Waals surface area contributed by atoms with E-state index in [1.165, 1.54) is 11.0 Å². The van der Waals surface area contributed by atoms with Crippen LogP contribution in [0.25, 0.3) is 0 Å². The van der Waals surface area contributed by atoms with E-state index in [1.807, 2.05) is 6.92 Å². The maximum atomic E-state index is 13.3. The van der Waals surface area contributed by atoms with E-state index < -0.39 is 0 Å². The predicted molar refractivity (Wildman–Crippen MR) is 58.4 cm³/mol. The number of hydrogen-bond acceptors (Lipinski definition) is 2. The average molecular weight is 210 g/mol. The minimum atomic E-state index is -0.374. The molecule has 3 nitrogen and oxygen atoms in total. The Morgan fingerprint density at radius 3 is 2.80 bits per heavy atom. The fourth-order valence-corrected chi connectivity index (χ4v) is 1.29. The van der Waals surface area contributed by atoms with Crippen LogP contribution in [0.1, 0.15) is 6.92 Å². The van der Waals surface area contributed by atoms with Crippen LogP contribution in [0.4, 0.5) is 10.1 Å². The van der Waals surface area contributed by atoms with E-state index in [2.05, 4.69) is 5.32 Å². The van der Waals surface area contributed by atoms with E-state index in [0.29, 0.717) is 25.2 Å². The number of amides is 1. The first-order valence-electron chi connectivity index (χ1n) is 4.96. The molecule has 0 heterocycles. The summed E-state index contributed by atoms with van der Waals surface area (Å²) in [6.07, 6.45) is 0.649. The normalized spacial score (nSPS) is 10.0. The van der Waals surface area contributed by atoms with Crippen molar-refractivity contribution in [2.45, 2.75) is 6.92 Å². The topological polar surface area (TPSA) is 32.3 Å². The predicted octanol–water partition coefficient (Wildman–Crippen LogP) is 1.40. The molecule has 0 aromatic heterocycles. The van der Waals surface area contributed by atoms with Gasteiger partial charge in [-0.2, -0.15) is 0 Å². The maximum absolute atomic E-state index is 13.3. The second-order valence-electron chi connectivity index (χ2n) is 3.10. The molecule has 1 aromatic rings. The fraction of sp³-hybridized carbons (Fsp3) is 0.364. The van der Waals surface area contributed by atoms with E-state index in [9.17, 15) is 9.18 Å². The van der Waals surface area contributed by atoms with E-state index in [-0.39, 0.29) is 5.82 Å². The number of para-hydroxylation sites is 1. The SMILES string of the molecule is CCNCCN(C=O)c1ccccc1F. The van der Waals surface area contributed by atoms with Crippen molar-refractivity contribution in [1.29, 1.82) is 0 Å². The largest absolute Gasteiger partial charge is 0.315 e. The fourth-order valence-electron chi connectivity index (χ4n) is 1.29. The molecule has 1 amide bonds.